The number of ether oxygens (including phenoxy) is 2. The lowest BCUT2D eigenvalue weighted by molar-refractivity contribution is 0.265. The van der Waals surface area contributed by atoms with E-state index in [1.807, 2.05) is 44.3 Å². The molecule has 1 unspecified atom stereocenters. The fraction of sp³-hybridized carbons (Fsp3) is 0.333. The number of aryl methyl sites for hydroxylation is 1. The maximum Gasteiger partial charge on any atom is 0.124 e. The summed E-state index contributed by atoms with van der Waals surface area (Å²) in [5.41, 5.74) is 2.35. The normalized spacial score (nSPS) is 12.0. The number of benzene rings is 2. The summed E-state index contributed by atoms with van der Waals surface area (Å²) in [5.74, 6) is 1.79. The van der Waals surface area contributed by atoms with Gasteiger partial charge in [0.2, 0.25) is 0 Å². The van der Waals surface area contributed by atoms with Crippen LogP contribution in [0.4, 0.5) is 0 Å². The zero-order chi connectivity index (χ0) is 15.1. The first-order valence-electron chi connectivity index (χ1n) is 7.33. The van der Waals surface area contributed by atoms with Gasteiger partial charge in [-0.05, 0) is 39.1 Å². The maximum atomic E-state index is 5.88. The van der Waals surface area contributed by atoms with Crippen molar-refractivity contribution in [2.45, 2.75) is 19.9 Å². The van der Waals surface area contributed by atoms with Crippen LogP contribution in [0.3, 0.4) is 0 Å². The Balaban J connectivity index is 2.07. The summed E-state index contributed by atoms with van der Waals surface area (Å²) in [5, 5.41) is 3.29. The predicted molar refractivity (Wildman–Crippen MR) is 86.1 cm³/mol. The Bertz CT molecular complexity index is 551. The minimum atomic E-state index is 0.0917. The van der Waals surface area contributed by atoms with E-state index in [0.717, 1.165) is 17.1 Å². The van der Waals surface area contributed by atoms with Gasteiger partial charge in [-0.15, -0.1) is 0 Å². The monoisotopic (exact) mass is 285 g/mol. The van der Waals surface area contributed by atoms with E-state index < -0.39 is 0 Å². The fourth-order valence-electron chi connectivity index (χ4n) is 2.20. The van der Waals surface area contributed by atoms with Crippen LogP contribution in [0.1, 0.15) is 24.1 Å². The molecule has 2 aromatic carbocycles. The van der Waals surface area contributed by atoms with Gasteiger partial charge in [-0.3, -0.25) is 0 Å². The highest BCUT2D eigenvalue weighted by Crippen LogP contribution is 2.25. The number of rotatable bonds is 7. The van der Waals surface area contributed by atoms with Crippen molar-refractivity contribution in [2.75, 3.05) is 20.3 Å². The molecule has 0 aliphatic heterocycles. The number of likely N-dealkylation sites (N-methyl/N-ethyl adjacent to an activating group) is 1. The molecule has 0 bridgehead atoms. The van der Waals surface area contributed by atoms with Crippen molar-refractivity contribution < 1.29 is 9.47 Å². The third kappa shape index (κ3) is 4.23. The third-order valence-corrected chi connectivity index (χ3v) is 3.38. The predicted octanol–water partition coefficient (Wildman–Crippen LogP) is 3.73. The number of para-hydroxylation sites is 1. The van der Waals surface area contributed by atoms with Crippen molar-refractivity contribution in [2.24, 2.45) is 0 Å². The van der Waals surface area contributed by atoms with Crippen LogP contribution in [-0.2, 0) is 0 Å². The molecule has 0 spiro atoms. The summed E-state index contributed by atoms with van der Waals surface area (Å²) in [6, 6.07) is 16.3. The molecular weight excluding hydrogens is 262 g/mol. The van der Waals surface area contributed by atoms with Gasteiger partial charge in [-0.25, -0.2) is 0 Å². The third-order valence-electron chi connectivity index (χ3n) is 3.38. The molecule has 112 valence electrons. The molecule has 0 saturated heterocycles. The molecular formula is C18H23NO2. The topological polar surface area (TPSA) is 30.5 Å². The number of nitrogens with one attached hydrogen (secondary N) is 1. The van der Waals surface area contributed by atoms with Crippen LogP contribution in [0.15, 0.2) is 48.5 Å². The van der Waals surface area contributed by atoms with Gasteiger partial charge < -0.3 is 14.8 Å². The van der Waals surface area contributed by atoms with Crippen LogP contribution in [0, 0.1) is 6.92 Å². The molecule has 2 aromatic rings. The van der Waals surface area contributed by atoms with E-state index in [1.54, 1.807) is 0 Å². The second-order valence-electron chi connectivity index (χ2n) is 4.94. The Morgan fingerprint density at radius 2 is 1.71 bits per heavy atom. The van der Waals surface area contributed by atoms with Crippen molar-refractivity contribution in [3.63, 3.8) is 0 Å². The van der Waals surface area contributed by atoms with Gasteiger partial charge in [-0.1, -0.05) is 35.9 Å². The van der Waals surface area contributed by atoms with Crippen LogP contribution < -0.4 is 14.8 Å². The Kier molecular flexibility index (Phi) is 5.64. The molecule has 0 fully saturated rings. The van der Waals surface area contributed by atoms with E-state index in [0.29, 0.717) is 13.2 Å². The lowest BCUT2D eigenvalue weighted by atomic mass is 10.1. The minimum absolute atomic E-state index is 0.0917. The molecule has 0 aliphatic carbocycles. The standard InChI is InChI=1S/C18H23NO2/c1-4-20-18-8-6-5-7-16(18)17(19-3)13-21-15-11-9-14(2)10-12-15/h5-12,17,19H,4,13H2,1-3H3. The van der Waals surface area contributed by atoms with Crippen LogP contribution in [0.25, 0.3) is 0 Å². The van der Waals surface area contributed by atoms with Crippen molar-refractivity contribution in [1.82, 2.24) is 5.32 Å². The van der Waals surface area contributed by atoms with Crippen LogP contribution >= 0.6 is 0 Å². The van der Waals surface area contributed by atoms with E-state index in [9.17, 15) is 0 Å². The SMILES string of the molecule is CCOc1ccccc1C(COc1ccc(C)cc1)NC. The van der Waals surface area contributed by atoms with Gasteiger partial charge in [0.05, 0.1) is 12.6 Å². The number of hydrogen-bond acceptors (Lipinski definition) is 3. The number of hydrogen-bond donors (Lipinski definition) is 1. The van der Waals surface area contributed by atoms with Gasteiger partial charge in [-0.2, -0.15) is 0 Å². The Labute approximate surface area is 126 Å². The molecule has 3 nitrogen and oxygen atoms in total. The molecule has 21 heavy (non-hydrogen) atoms. The summed E-state index contributed by atoms with van der Waals surface area (Å²) in [6.45, 7) is 5.28. The van der Waals surface area contributed by atoms with E-state index in [1.165, 1.54) is 5.56 Å². The maximum absolute atomic E-state index is 5.88. The van der Waals surface area contributed by atoms with Crippen molar-refractivity contribution in [3.05, 3.63) is 59.7 Å². The average Bonchev–Trinajstić information content (AvgIpc) is 2.51. The summed E-state index contributed by atoms with van der Waals surface area (Å²) in [6.07, 6.45) is 0. The van der Waals surface area contributed by atoms with Crippen LogP contribution in [-0.4, -0.2) is 20.3 Å². The van der Waals surface area contributed by atoms with Crippen molar-refractivity contribution in [3.8, 4) is 11.5 Å². The molecule has 0 amide bonds. The Morgan fingerprint density at radius 1 is 1.00 bits per heavy atom. The molecule has 0 heterocycles. The Hall–Kier alpha value is -2.00. The zero-order valence-corrected chi connectivity index (χ0v) is 12.9. The molecule has 0 saturated carbocycles. The largest absolute Gasteiger partial charge is 0.494 e. The first kappa shape index (κ1) is 15.4. The van der Waals surface area contributed by atoms with E-state index in [2.05, 4.69) is 30.4 Å². The summed E-state index contributed by atoms with van der Waals surface area (Å²) < 4.78 is 11.6. The molecule has 1 atom stereocenters. The van der Waals surface area contributed by atoms with Gasteiger partial charge in [0.25, 0.3) is 0 Å². The second-order valence-corrected chi connectivity index (χ2v) is 4.94. The minimum Gasteiger partial charge on any atom is -0.494 e. The lowest BCUT2D eigenvalue weighted by Gasteiger charge is -2.20. The average molecular weight is 285 g/mol. The molecule has 3 heteroatoms. The molecule has 0 radical (unpaired) electrons. The zero-order valence-electron chi connectivity index (χ0n) is 12.9. The highest BCUT2D eigenvalue weighted by atomic mass is 16.5. The molecule has 1 N–H and O–H groups in total. The Morgan fingerprint density at radius 3 is 2.38 bits per heavy atom. The smallest absolute Gasteiger partial charge is 0.124 e. The van der Waals surface area contributed by atoms with Gasteiger partial charge in [0.15, 0.2) is 0 Å². The van der Waals surface area contributed by atoms with E-state index >= 15 is 0 Å². The van der Waals surface area contributed by atoms with Gasteiger partial charge >= 0.3 is 0 Å². The highest BCUT2D eigenvalue weighted by molar-refractivity contribution is 5.36. The molecule has 0 aromatic heterocycles. The quantitative estimate of drug-likeness (QED) is 0.840. The first-order valence-corrected chi connectivity index (χ1v) is 7.33. The summed E-state index contributed by atoms with van der Waals surface area (Å²) >= 11 is 0. The molecule has 2 rings (SSSR count). The van der Waals surface area contributed by atoms with Crippen LogP contribution in [0.5, 0.6) is 11.5 Å². The van der Waals surface area contributed by atoms with Gasteiger partial charge in [0, 0.05) is 5.56 Å². The lowest BCUT2D eigenvalue weighted by Crippen LogP contribution is -2.24. The van der Waals surface area contributed by atoms with Crippen molar-refractivity contribution in [1.29, 1.82) is 0 Å². The highest BCUT2D eigenvalue weighted by Gasteiger charge is 2.15. The van der Waals surface area contributed by atoms with Crippen LogP contribution in [0.2, 0.25) is 0 Å². The molecule has 0 aliphatic rings. The first-order chi connectivity index (χ1) is 10.2. The van der Waals surface area contributed by atoms with Crippen molar-refractivity contribution >= 4 is 0 Å². The second kappa shape index (κ2) is 7.70. The van der Waals surface area contributed by atoms with E-state index in [4.69, 9.17) is 9.47 Å². The van der Waals surface area contributed by atoms with E-state index in [-0.39, 0.29) is 6.04 Å². The fourth-order valence-corrected chi connectivity index (χ4v) is 2.20. The summed E-state index contributed by atoms with van der Waals surface area (Å²) in [7, 11) is 1.94. The summed E-state index contributed by atoms with van der Waals surface area (Å²) in [4.78, 5) is 0. The van der Waals surface area contributed by atoms with Gasteiger partial charge in [0.1, 0.15) is 18.1 Å².